The van der Waals surface area contributed by atoms with E-state index in [9.17, 15) is 0 Å². The maximum Gasteiger partial charge on any atom is 0.191 e. The van der Waals surface area contributed by atoms with Crippen molar-refractivity contribution in [2.45, 2.75) is 58.7 Å². The molecule has 2 unspecified atom stereocenters. The monoisotopic (exact) mass is 449 g/mol. The fraction of sp³-hybridized carbons (Fsp3) is 0.765. The number of halogens is 1. The van der Waals surface area contributed by atoms with Gasteiger partial charge in [-0.05, 0) is 18.9 Å². The number of nitrogens with one attached hydrogen (secondary N) is 2. The topological polar surface area (TPSA) is 63.5 Å². The molecule has 0 aliphatic heterocycles. The van der Waals surface area contributed by atoms with E-state index in [1.54, 1.807) is 13.2 Å². The summed E-state index contributed by atoms with van der Waals surface area (Å²) in [5.74, 6) is 0.830. The summed E-state index contributed by atoms with van der Waals surface area (Å²) in [7, 11) is 3.75. The highest BCUT2D eigenvalue weighted by atomic mass is 127. The molecule has 2 N–H and O–H groups in total. The SMILES string of the molecule is CCCCOC1CC(NC(=NC)NCc2ccnn2C)C1(C)C.I. The Morgan fingerprint density at radius 1 is 1.50 bits per heavy atom. The molecule has 0 bridgehead atoms. The molecule has 0 amide bonds. The van der Waals surface area contributed by atoms with E-state index in [1.165, 1.54) is 6.42 Å². The van der Waals surface area contributed by atoms with Crippen LogP contribution in [-0.4, -0.2) is 41.5 Å². The lowest BCUT2D eigenvalue weighted by molar-refractivity contribution is -0.113. The molecule has 2 atom stereocenters. The molecule has 0 aromatic carbocycles. The Kier molecular flexibility index (Phi) is 8.49. The Morgan fingerprint density at radius 3 is 2.79 bits per heavy atom. The fourth-order valence-corrected chi connectivity index (χ4v) is 2.89. The Balaban J connectivity index is 0.00000288. The predicted octanol–water partition coefficient (Wildman–Crippen LogP) is 2.69. The van der Waals surface area contributed by atoms with Crippen LogP contribution in [-0.2, 0) is 18.3 Å². The molecule has 0 spiro atoms. The molecule has 2 rings (SSSR count). The summed E-state index contributed by atoms with van der Waals surface area (Å²) in [6, 6.07) is 2.39. The van der Waals surface area contributed by atoms with Crippen molar-refractivity contribution in [3.05, 3.63) is 18.0 Å². The summed E-state index contributed by atoms with van der Waals surface area (Å²) in [5.41, 5.74) is 1.25. The van der Waals surface area contributed by atoms with E-state index in [-0.39, 0.29) is 29.4 Å². The summed E-state index contributed by atoms with van der Waals surface area (Å²) in [6.07, 6.45) is 5.49. The third kappa shape index (κ3) is 5.08. The van der Waals surface area contributed by atoms with E-state index >= 15 is 0 Å². The summed E-state index contributed by atoms with van der Waals surface area (Å²) in [6.45, 7) is 8.29. The number of unbranched alkanes of at least 4 members (excludes halogenated alkanes) is 1. The first-order valence-electron chi connectivity index (χ1n) is 8.54. The molecule has 1 aromatic heterocycles. The van der Waals surface area contributed by atoms with Gasteiger partial charge in [-0.1, -0.05) is 27.2 Å². The average molecular weight is 449 g/mol. The van der Waals surface area contributed by atoms with E-state index in [0.717, 1.165) is 31.1 Å². The molecule has 1 saturated carbocycles. The molecular formula is C17H32IN5O. The minimum absolute atomic E-state index is 0. The number of aryl methyl sites for hydroxylation is 1. The molecule has 1 fully saturated rings. The Labute approximate surface area is 162 Å². The van der Waals surface area contributed by atoms with Crippen LogP contribution in [0.15, 0.2) is 17.3 Å². The highest BCUT2D eigenvalue weighted by Crippen LogP contribution is 2.42. The molecule has 24 heavy (non-hydrogen) atoms. The van der Waals surface area contributed by atoms with Gasteiger partial charge in [0.25, 0.3) is 0 Å². The summed E-state index contributed by atoms with van der Waals surface area (Å²) >= 11 is 0. The average Bonchev–Trinajstić information content (AvgIpc) is 2.94. The van der Waals surface area contributed by atoms with Crippen LogP contribution in [0, 0.1) is 5.41 Å². The van der Waals surface area contributed by atoms with Crippen LogP contribution in [0.3, 0.4) is 0 Å². The number of aromatic nitrogens is 2. The Morgan fingerprint density at radius 2 is 2.25 bits per heavy atom. The summed E-state index contributed by atoms with van der Waals surface area (Å²) < 4.78 is 7.87. The lowest BCUT2D eigenvalue weighted by Crippen LogP contribution is -2.63. The second-order valence-corrected chi connectivity index (χ2v) is 6.84. The van der Waals surface area contributed by atoms with E-state index in [2.05, 4.69) is 41.5 Å². The number of rotatable bonds is 7. The van der Waals surface area contributed by atoms with Crippen LogP contribution in [0.25, 0.3) is 0 Å². The molecule has 1 heterocycles. The van der Waals surface area contributed by atoms with E-state index in [0.29, 0.717) is 18.7 Å². The molecule has 1 aliphatic carbocycles. The van der Waals surface area contributed by atoms with Gasteiger partial charge in [-0.3, -0.25) is 9.67 Å². The second kappa shape index (κ2) is 9.60. The zero-order chi connectivity index (χ0) is 16.9. The molecule has 7 heteroatoms. The van der Waals surface area contributed by atoms with Crippen LogP contribution in [0.5, 0.6) is 0 Å². The van der Waals surface area contributed by atoms with Crippen LogP contribution < -0.4 is 10.6 Å². The fourth-order valence-electron chi connectivity index (χ4n) is 2.89. The number of aliphatic imine (C=N–C) groups is 1. The van der Waals surface area contributed by atoms with Gasteiger partial charge >= 0.3 is 0 Å². The first-order valence-corrected chi connectivity index (χ1v) is 8.54. The van der Waals surface area contributed by atoms with Gasteiger partial charge in [-0.15, -0.1) is 24.0 Å². The van der Waals surface area contributed by atoms with Crippen LogP contribution in [0.1, 0.15) is 45.7 Å². The number of hydrogen-bond acceptors (Lipinski definition) is 3. The maximum atomic E-state index is 6.00. The second-order valence-electron chi connectivity index (χ2n) is 6.84. The molecular weight excluding hydrogens is 417 g/mol. The minimum Gasteiger partial charge on any atom is -0.378 e. The zero-order valence-corrected chi connectivity index (χ0v) is 17.8. The van der Waals surface area contributed by atoms with Gasteiger partial charge in [0.1, 0.15) is 0 Å². The van der Waals surface area contributed by atoms with Crippen molar-refractivity contribution in [1.29, 1.82) is 0 Å². The zero-order valence-electron chi connectivity index (χ0n) is 15.5. The van der Waals surface area contributed by atoms with E-state index in [1.807, 2.05) is 17.8 Å². The number of guanidine groups is 1. The lowest BCUT2D eigenvalue weighted by atomic mass is 9.64. The van der Waals surface area contributed by atoms with E-state index in [4.69, 9.17) is 4.74 Å². The third-order valence-electron chi connectivity index (χ3n) is 4.89. The number of hydrogen-bond donors (Lipinski definition) is 2. The Bertz CT molecular complexity index is 529. The van der Waals surface area contributed by atoms with Crippen LogP contribution in [0.2, 0.25) is 0 Å². The lowest BCUT2D eigenvalue weighted by Gasteiger charge is -2.52. The minimum atomic E-state index is 0. The van der Waals surface area contributed by atoms with Crippen molar-refractivity contribution >= 4 is 29.9 Å². The van der Waals surface area contributed by atoms with Gasteiger partial charge in [-0.25, -0.2) is 0 Å². The van der Waals surface area contributed by atoms with Crippen molar-refractivity contribution in [2.24, 2.45) is 17.5 Å². The van der Waals surface area contributed by atoms with Crippen LogP contribution in [0.4, 0.5) is 0 Å². The van der Waals surface area contributed by atoms with Gasteiger partial charge in [0.05, 0.1) is 18.3 Å². The quantitative estimate of drug-likeness (QED) is 0.291. The molecule has 6 nitrogen and oxygen atoms in total. The normalized spacial score (nSPS) is 22.5. The highest BCUT2D eigenvalue weighted by Gasteiger charge is 2.49. The molecule has 1 aliphatic rings. The molecule has 138 valence electrons. The predicted molar refractivity (Wildman–Crippen MR) is 109 cm³/mol. The van der Waals surface area contributed by atoms with Gasteiger partial charge in [0, 0.05) is 38.4 Å². The van der Waals surface area contributed by atoms with Gasteiger partial charge in [0.15, 0.2) is 5.96 Å². The summed E-state index contributed by atoms with van der Waals surface area (Å²) in [4.78, 5) is 4.33. The van der Waals surface area contributed by atoms with Gasteiger partial charge < -0.3 is 15.4 Å². The Hall–Kier alpha value is -0.830. The largest absolute Gasteiger partial charge is 0.378 e. The number of ether oxygens (including phenoxy) is 1. The van der Waals surface area contributed by atoms with E-state index < -0.39 is 0 Å². The standard InChI is InChI=1S/C17H31N5O.HI/c1-6-7-10-23-15-11-14(17(15,2)3)21-16(18-4)19-12-13-8-9-20-22(13)5;/h8-9,14-15H,6-7,10-12H2,1-5H3,(H2,18,19,21);1H. The van der Waals surface area contributed by atoms with Gasteiger partial charge in [-0.2, -0.15) is 5.10 Å². The first kappa shape index (κ1) is 21.2. The highest BCUT2D eigenvalue weighted by molar-refractivity contribution is 14.0. The maximum absolute atomic E-state index is 6.00. The smallest absolute Gasteiger partial charge is 0.191 e. The van der Waals surface area contributed by atoms with Crippen molar-refractivity contribution in [3.8, 4) is 0 Å². The van der Waals surface area contributed by atoms with Crippen LogP contribution >= 0.6 is 24.0 Å². The van der Waals surface area contributed by atoms with Gasteiger partial charge in [0.2, 0.25) is 0 Å². The molecule has 0 radical (unpaired) electrons. The summed E-state index contributed by atoms with van der Waals surface area (Å²) in [5, 5.41) is 11.1. The van der Waals surface area contributed by atoms with Crippen molar-refractivity contribution in [1.82, 2.24) is 20.4 Å². The third-order valence-corrected chi connectivity index (χ3v) is 4.89. The van der Waals surface area contributed by atoms with Crippen molar-refractivity contribution in [3.63, 3.8) is 0 Å². The molecule has 1 aromatic rings. The molecule has 0 saturated heterocycles. The van der Waals surface area contributed by atoms with Crippen molar-refractivity contribution < 1.29 is 4.74 Å². The van der Waals surface area contributed by atoms with Crippen molar-refractivity contribution in [2.75, 3.05) is 13.7 Å². The number of nitrogens with zero attached hydrogens (tertiary/aromatic N) is 3. The first-order chi connectivity index (χ1) is 11.0.